The molecular weight excluding hydrogens is 496 g/mol. The fraction of sp³-hybridized carbons (Fsp3) is 0.556. The van der Waals surface area contributed by atoms with E-state index in [2.05, 4.69) is 90.1 Å². The Bertz CT molecular complexity index is 1210. The Labute approximate surface area is 241 Å². The highest BCUT2D eigenvalue weighted by molar-refractivity contribution is 5.98. The number of rotatable bonds is 14. The molecule has 2 atom stereocenters. The third-order valence-electron chi connectivity index (χ3n) is 8.40. The van der Waals surface area contributed by atoms with E-state index in [1.807, 2.05) is 0 Å². The molecule has 0 radical (unpaired) electrons. The summed E-state index contributed by atoms with van der Waals surface area (Å²) in [5.41, 5.74) is 1.95. The summed E-state index contributed by atoms with van der Waals surface area (Å²) in [6.07, 6.45) is 6.44. The summed E-state index contributed by atoms with van der Waals surface area (Å²) in [4.78, 5) is 23.4. The Morgan fingerprint density at radius 2 is 1.00 bits per heavy atom. The van der Waals surface area contributed by atoms with Gasteiger partial charge in [0, 0.05) is 24.7 Å². The van der Waals surface area contributed by atoms with Crippen LogP contribution in [0, 0.1) is 11.8 Å². The number of hydrogen-bond donors (Lipinski definition) is 0. The number of esters is 2. The fourth-order valence-electron chi connectivity index (χ4n) is 5.67. The van der Waals surface area contributed by atoms with Crippen LogP contribution < -0.4 is 0 Å². The van der Waals surface area contributed by atoms with Gasteiger partial charge in [0.1, 0.15) is 13.2 Å². The van der Waals surface area contributed by atoms with Gasteiger partial charge in [-0.05, 0) is 69.5 Å². The molecule has 0 spiro atoms. The van der Waals surface area contributed by atoms with Gasteiger partial charge < -0.3 is 9.47 Å². The molecule has 40 heavy (non-hydrogen) atoms. The van der Waals surface area contributed by atoms with Crippen LogP contribution in [-0.2, 0) is 29.9 Å². The first-order valence-electron chi connectivity index (χ1n) is 15.1. The Hall–Kier alpha value is -2.88. The molecule has 218 valence electrons. The van der Waals surface area contributed by atoms with E-state index in [0.717, 1.165) is 38.5 Å². The Kier molecular flexibility index (Phi) is 10.8. The number of benzene rings is 3. The van der Waals surface area contributed by atoms with Gasteiger partial charge in [0.2, 0.25) is 0 Å². The summed E-state index contributed by atoms with van der Waals surface area (Å²) in [5.74, 6) is 0.832. The molecule has 0 N–H and O–H groups in total. The van der Waals surface area contributed by atoms with Crippen molar-refractivity contribution in [3.05, 3.63) is 59.7 Å². The molecule has 0 aliphatic carbocycles. The van der Waals surface area contributed by atoms with Gasteiger partial charge >= 0.3 is 11.9 Å². The molecule has 0 saturated carbocycles. The monoisotopic (exact) mass is 546 g/mol. The Morgan fingerprint density at radius 1 is 0.625 bits per heavy atom. The molecular formula is C36H50O4. The van der Waals surface area contributed by atoms with Gasteiger partial charge in [0.05, 0.1) is 0 Å². The molecule has 0 aliphatic heterocycles. The summed E-state index contributed by atoms with van der Waals surface area (Å²) < 4.78 is 11.1. The SMILES string of the molecule is CC(=O)OCC(C)(CCCC(C)C)c1ccc2cc3cc(C(C)(CCCC(C)C)COC(C)=O)ccc3cc2c1. The first-order chi connectivity index (χ1) is 18.8. The van der Waals surface area contributed by atoms with Crippen molar-refractivity contribution in [3.63, 3.8) is 0 Å². The van der Waals surface area contributed by atoms with E-state index >= 15 is 0 Å². The Balaban J connectivity index is 1.97. The van der Waals surface area contributed by atoms with Crippen molar-refractivity contribution in [2.45, 2.75) is 105 Å². The van der Waals surface area contributed by atoms with Crippen molar-refractivity contribution in [2.75, 3.05) is 13.2 Å². The largest absolute Gasteiger partial charge is 0.465 e. The number of carbonyl (C=O) groups is 2. The highest BCUT2D eigenvalue weighted by Gasteiger charge is 2.30. The lowest BCUT2D eigenvalue weighted by atomic mass is 9.77. The van der Waals surface area contributed by atoms with Crippen molar-refractivity contribution >= 4 is 33.5 Å². The van der Waals surface area contributed by atoms with Gasteiger partial charge in [-0.15, -0.1) is 0 Å². The summed E-state index contributed by atoms with van der Waals surface area (Å²) >= 11 is 0. The zero-order valence-electron chi connectivity index (χ0n) is 26.1. The number of ether oxygens (including phenoxy) is 2. The zero-order valence-corrected chi connectivity index (χ0v) is 26.1. The minimum atomic E-state index is -0.234. The van der Waals surface area contributed by atoms with E-state index in [4.69, 9.17) is 9.47 Å². The molecule has 0 aliphatic rings. The standard InChI is InChI=1S/C36H50O4/c1-25(2)11-9-17-35(7,23-39-27(5)37)33-15-13-29-20-32-22-34(16-14-30(32)19-31(29)21-33)36(8,24-40-28(6)38)18-10-12-26(3)4/h13-16,19-22,25-26H,9-12,17-18,23-24H2,1-8H3. The van der Waals surface area contributed by atoms with E-state index in [0.29, 0.717) is 25.0 Å². The first kappa shape index (κ1) is 31.6. The van der Waals surface area contributed by atoms with Crippen LogP contribution in [0.25, 0.3) is 21.5 Å². The highest BCUT2D eigenvalue weighted by Crippen LogP contribution is 2.36. The van der Waals surface area contributed by atoms with Gasteiger partial charge in [0.15, 0.2) is 0 Å². The fourth-order valence-corrected chi connectivity index (χ4v) is 5.67. The maximum Gasteiger partial charge on any atom is 0.302 e. The summed E-state index contributed by atoms with van der Waals surface area (Å²) in [7, 11) is 0. The van der Waals surface area contributed by atoms with Crippen LogP contribution in [0.5, 0.6) is 0 Å². The maximum absolute atomic E-state index is 11.7. The molecule has 4 nitrogen and oxygen atoms in total. The molecule has 0 bridgehead atoms. The van der Waals surface area contributed by atoms with Crippen molar-refractivity contribution in [3.8, 4) is 0 Å². The second kappa shape index (κ2) is 13.7. The number of carbonyl (C=O) groups excluding carboxylic acids is 2. The molecule has 3 aromatic rings. The zero-order chi connectivity index (χ0) is 29.5. The third kappa shape index (κ3) is 8.56. The van der Waals surface area contributed by atoms with Gasteiger partial charge in [-0.3, -0.25) is 9.59 Å². The highest BCUT2D eigenvalue weighted by atomic mass is 16.5. The predicted molar refractivity (Wildman–Crippen MR) is 167 cm³/mol. The van der Waals surface area contributed by atoms with Crippen molar-refractivity contribution in [1.29, 1.82) is 0 Å². The molecule has 0 saturated heterocycles. The van der Waals surface area contributed by atoms with E-state index in [1.54, 1.807) is 0 Å². The number of hydrogen-bond acceptors (Lipinski definition) is 4. The summed E-state index contributed by atoms with van der Waals surface area (Å²) in [6, 6.07) is 17.9. The topological polar surface area (TPSA) is 52.6 Å². The second-order valence-corrected chi connectivity index (χ2v) is 13.2. The molecule has 2 unspecified atom stereocenters. The molecule has 0 heterocycles. The summed E-state index contributed by atoms with van der Waals surface area (Å²) in [6.45, 7) is 17.2. The second-order valence-electron chi connectivity index (χ2n) is 13.2. The van der Waals surface area contributed by atoms with Crippen LogP contribution in [-0.4, -0.2) is 25.2 Å². The minimum Gasteiger partial charge on any atom is -0.465 e. The minimum absolute atomic E-state index is 0.234. The van der Waals surface area contributed by atoms with E-state index in [-0.39, 0.29) is 22.8 Å². The molecule has 0 amide bonds. The average Bonchev–Trinajstić information content (AvgIpc) is 2.88. The third-order valence-corrected chi connectivity index (χ3v) is 8.40. The van der Waals surface area contributed by atoms with E-state index < -0.39 is 0 Å². The average molecular weight is 547 g/mol. The smallest absolute Gasteiger partial charge is 0.302 e. The number of fused-ring (bicyclic) bond motifs is 2. The van der Waals surface area contributed by atoms with Gasteiger partial charge in [-0.25, -0.2) is 0 Å². The van der Waals surface area contributed by atoms with Gasteiger partial charge in [0.25, 0.3) is 0 Å². The van der Waals surface area contributed by atoms with Gasteiger partial charge in [-0.1, -0.05) is 104 Å². The first-order valence-corrected chi connectivity index (χ1v) is 15.1. The van der Waals surface area contributed by atoms with Crippen LogP contribution in [0.15, 0.2) is 48.5 Å². The van der Waals surface area contributed by atoms with Crippen LogP contribution >= 0.6 is 0 Å². The quantitative estimate of drug-likeness (QED) is 0.149. The van der Waals surface area contributed by atoms with E-state index in [9.17, 15) is 9.59 Å². The summed E-state index contributed by atoms with van der Waals surface area (Å²) in [5, 5.41) is 4.75. The van der Waals surface area contributed by atoms with Crippen LogP contribution in [0.4, 0.5) is 0 Å². The van der Waals surface area contributed by atoms with Crippen LogP contribution in [0.3, 0.4) is 0 Å². The van der Waals surface area contributed by atoms with Crippen molar-refractivity contribution in [2.24, 2.45) is 11.8 Å². The normalized spacial score (nSPS) is 14.8. The molecule has 3 rings (SSSR count). The molecule has 0 fully saturated rings. The molecule has 3 aromatic carbocycles. The van der Waals surface area contributed by atoms with Crippen LogP contribution in [0.1, 0.15) is 105 Å². The van der Waals surface area contributed by atoms with Crippen molar-refractivity contribution < 1.29 is 19.1 Å². The predicted octanol–water partition coefficient (Wildman–Crippen LogP) is 9.29. The van der Waals surface area contributed by atoms with E-state index in [1.165, 1.54) is 46.5 Å². The lowest BCUT2D eigenvalue weighted by Crippen LogP contribution is -2.29. The Morgan fingerprint density at radius 3 is 1.32 bits per heavy atom. The van der Waals surface area contributed by atoms with Gasteiger partial charge in [-0.2, -0.15) is 0 Å². The molecule has 4 heteroatoms. The lowest BCUT2D eigenvalue weighted by molar-refractivity contribution is -0.143. The van der Waals surface area contributed by atoms with Crippen LogP contribution in [0.2, 0.25) is 0 Å². The van der Waals surface area contributed by atoms with Crippen molar-refractivity contribution in [1.82, 2.24) is 0 Å². The lowest BCUT2D eigenvalue weighted by Gasteiger charge is -2.31. The maximum atomic E-state index is 11.7. The molecule has 0 aromatic heterocycles.